The van der Waals surface area contributed by atoms with Crippen LogP contribution < -0.4 is 10.1 Å². The maximum atomic E-state index is 12.7. The van der Waals surface area contributed by atoms with E-state index in [0.29, 0.717) is 0 Å². The quantitative estimate of drug-likeness (QED) is 0.886. The lowest BCUT2D eigenvalue weighted by Gasteiger charge is -2.23. The number of amides is 1. The third-order valence-electron chi connectivity index (χ3n) is 4.05. The van der Waals surface area contributed by atoms with Crippen molar-refractivity contribution in [1.29, 1.82) is 0 Å². The van der Waals surface area contributed by atoms with Gasteiger partial charge in [0.2, 0.25) is 0 Å². The predicted molar refractivity (Wildman–Crippen MR) is 94.0 cm³/mol. The number of methoxy groups -OCH3 is 1. The van der Waals surface area contributed by atoms with Gasteiger partial charge in [-0.2, -0.15) is 0 Å². The number of hydrogen-bond donors (Lipinski definition) is 1. The van der Waals surface area contributed by atoms with Crippen molar-refractivity contribution in [2.45, 2.75) is 33.7 Å². The Kier molecular flexibility index (Phi) is 5.43. The molecule has 0 aliphatic heterocycles. The van der Waals surface area contributed by atoms with Gasteiger partial charge in [0, 0.05) is 5.56 Å². The summed E-state index contributed by atoms with van der Waals surface area (Å²) in [5.41, 5.74) is 3.98. The van der Waals surface area contributed by atoms with Crippen LogP contribution in [0.15, 0.2) is 42.5 Å². The summed E-state index contributed by atoms with van der Waals surface area (Å²) in [5.74, 6) is 1.08. The van der Waals surface area contributed by atoms with Gasteiger partial charge in [0.05, 0.1) is 13.2 Å². The molecule has 0 saturated carbocycles. The number of benzene rings is 2. The second-order valence-electron chi connectivity index (χ2n) is 6.29. The fraction of sp³-hybridized carbons (Fsp3) is 0.350. The Morgan fingerprint density at radius 3 is 2.22 bits per heavy atom. The lowest BCUT2D eigenvalue weighted by atomic mass is 9.95. The lowest BCUT2D eigenvalue weighted by molar-refractivity contribution is 0.0925. The molecule has 1 N–H and O–H groups in total. The monoisotopic (exact) mass is 311 g/mol. The van der Waals surface area contributed by atoms with Crippen LogP contribution in [0.2, 0.25) is 0 Å². The predicted octanol–water partition coefficient (Wildman–Crippen LogP) is 4.44. The highest BCUT2D eigenvalue weighted by Crippen LogP contribution is 2.24. The molecular formula is C20H25NO2. The summed E-state index contributed by atoms with van der Waals surface area (Å²) in [7, 11) is 1.65. The van der Waals surface area contributed by atoms with Gasteiger partial charge in [0.25, 0.3) is 5.91 Å². The molecule has 2 aromatic rings. The Balaban J connectivity index is 2.23. The average molecular weight is 311 g/mol. The minimum absolute atomic E-state index is 0.0305. The van der Waals surface area contributed by atoms with Crippen LogP contribution in [-0.4, -0.2) is 13.0 Å². The van der Waals surface area contributed by atoms with Gasteiger partial charge in [0.1, 0.15) is 5.75 Å². The van der Waals surface area contributed by atoms with Gasteiger partial charge in [-0.25, -0.2) is 0 Å². The summed E-state index contributed by atoms with van der Waals surface area (Å²) in [6, 6.07) is 13.7. The Bertz CT molecular complexity index is 675. The summed E-state index contributed by atoms with van der Waals surface area (Å²) in [6.45, 7) is 8.22. The third kappa shape index (κ3) is 4.13. The molecule has 0 aliphatic carbocycles. The molecule has 0 radical (unpaired) electrons. The third-order valence-corrected chi connectivity index (χ3v) is 4.05. The number of rotatable bonds is 5. The first-order valence-electron chi connectivity index (χ1n) is 7.94. The standard InChI is InChI=1S/C20H25NO2/c1-13(2)19(16-7-9-17(23-5)10-8-16)21-20(22)18-11-6-14(3)12-15(18)4/h6-13,19H,1-5H3,(H,21,22)/t19-/m0/s1. The van der Waals surface area contributed by atoms with E-state index in [-0.39, 0.29) is 17.9 Å². The molecule has 23 heavy (non-hydrogen) atoms. The highest BCUT2D eigenvalue weighted by molar-refractivity contribution is 5.96. The topological polar surface area (TPSA) is 38.3 Å². The van der Waals surface area contributed by atoms with Crippen molar-refractivity contribution < 1.29 is 9.53 Å². The summed E-state index contributed by atoms with van der Waals surface area (Å²) in [6.07, 6.45) is 0. The number of hydrogen-bond acceptors (Lipinski definition) is 2. The minimum atomic E-state index is -0.0332. The second kappa shape index (κ2) is 7.32. The van der Waals surface area contributed by atoms with Gasteiger partial charge in [-0.05, 0) is 49.1 Å². The molecule has 0 unspecified atom stereocenters. The van der Waals surface area contributed by atoms with Crippen LogP contribution in [0, 0.1) is 19.8 Å². The van der Waals surface area contributed by atoms with Crippen LogP contribution in [0.4, 0.5) is 0 Å². The van der Waals surface area contributed by atoms with E-state index < -0.39 is 0 Å². The maximum absolute atomic E-state index is 12.7. The zero-order valence-electron chi connectivity index (χ0n) is 14.5. The average Bonchev–Trinajstić information content (AvgIpc) is 2.52. The number of carbonyl (C=O) groups excluding carboxylic acids is 1. The molecule has 3 heteroatoms. The van der Waals surface area contributed by atoms with Crippen molar-refractivity contribution in [3.63, 3.8) is 0 Å². The largest absolute Gasteiger partial charge is 0.497 e. The van der Waals surface area contributed by atoms with Crippen LogP contribution in [0.1, 0.15) is 46.9 Å². The molecule has 0 spiro atoms. The molecule has 1 amide bonds. The van der Waals surface area contributed by atoms with Crippen molar-refractivity contribution in [2.75, 3.05) is 7.11 Å². The zero-order chi connectivity index (χ0) is 17.0. The molecule has 0 aliphatic rings. The molecule has 0 bridgehead atoms. The van der Waals surface area contributed by atoms with Gasteiger partial charge in [-0.1, -0.05) is 43.7 Å². The SMILES string of the molecule is COc1ccc([C@@H](NC(=O)c2ccc(C)cc2C)C(C)C)cc1. The summed E-state index contributed by atoms with van der Waals surface area (Å²) < 4.78 is 5.20. The molecule has 3 nitrogen and oxygen atoms in total. The van der Waals surface area contributed by atoms with Crippen LogP contribution in [0.5, 0.6) is 5.75 Å². The number of nitrogens with one attached hydrogen (secondary N) is 1. The maximum Gasteiger partial charge on any atom is 0.252 e. The Morgan fingerprint density at radius 1 is 1.04 bits per heavy atom. The zero-order valence-corrected chi connectivity index (χ0v) is 14.5. The molecule has 0 fully saturated rings. The highest BCUT2D eigenvalue weighted by Gasteiger charge is 2.20. The van der Waals surface area contributed by atoms with E-state index in [9.17, 15) is 4.79 Å². The summed E-state index contributed by atoms with van der Waals surface area (Å²) in [4.78, 5) is 12.7. The van der Waals surface area contributed by atoms with E-state index in [1.807, 2.05) is 56.3 Å². The number of aryl methyl sites for hydroxylation is 2. The van der Waals surface area contributed by atoms with E-state index in [0.717, 1.165) is 28.0 Å². The first-order chi connectivity index (χ1) is 10.9. The van der Waals surface area contributed by atoms with Gasteiger partial charge in [0.15, 0.2) is 0 Å². The van der Waals surface area contributed by atoms with Crippen LogP contribution in [0.3, 0.4) is 0 Å². The van der Waals surface area contributed by atoms with Crippen LogP contribution in [-0.2, 0) is 0 Å². The summed E-state index contributed by atoms with van der Waals surface area (Å²) in [5, 5.41) is 3.17. The van der Waals surface area contributed by atoms with Crippen molar-refractivity contribution >= 4 is 5.91 Å². The lowest BCUT2D eigenvalue weighted by Crippen LogP contribution is -2.32. The van der Waals surface area contributed by atoms with E-state index in [4.69, 9.17) is 4.74 Å². The smallest absolute Gasteiger partial charge is 0.252 e. The van der Waals surface area contributed by atoms with E-state index in [1.165, 1.54) is 0 Å². The van der Waals surface area contributed by atoms with E-state index in [2.05, 4.69) is 19.2 Å². The highest BCUT2D eigenvalue weighted by atomic mass is 16.5. The van der Waals surface area contributed by atoms with Gasteiger partial charge >= 0.3 is 0 Å². The van der Waals surface area contributed by atoms with Gasteiger partial charge < -0.3 is 10.1 Å². The molecule has 122 valence electrons. The van der Waals surface area contributed by atoms with Crippen molar-refractivity contribution in [1.82, 2.24) is 5.32 Å². The molecule has 0 aromatic heterocycles. The first kappa shape index (κ1) is 17.1. The molecular weight excluding hydrogens is 286 g/mol. The molecule has 2 rings (SSSR count). The number of carbonyl (C=O) groups is 1. The molecule has 1 atom stereocenters. The van der Waals surface area contributed by atoms with Gasteiger partial charge in [-0.15, -0.1) is 0 Å². The Labute approximate surface area is 138 Å². The van der Waals surface area contributed by atoms with Crippen LogP contribution in [0.25, 0.3) is 0 Å². The molecule has 2 aromatic carbocycles. The van der Waals surface area contributed by atoms with E-state index in [1.54, 1.807) is 7.11 Å². The van der Waals surface area contributed by atoms with Crippen molar-refractivity contribution in [3.05, 3.63) is 64.7 Å². The first-order valence-corrected chi connectivity index (χ1v) is 7.94. The molecule has 0 saturated heterocycles. The second-order valence-corrected chi connectivity index (χ2v) is 6.29. The Morgan fingerprint density at radius 2 is 1.70 bits per heavy atom. The normalized spacial score (nSPS) is 12.1. The van der Waals surface area contributed by atoms with Crippen LogP contribution >= 0.6 is 0 Å². The van der Waals surface area contributed by atoms with Crippen molar-refractivity contribution in [3.8, 4) is 5.75 Å². The number of ether oxygens (including phenoxy) is 1. The minimum Gasteiger partial charge on any atom is -0.497 e. The Hall–Kier alpha value is -2.29. The fourth-order valence-electron chi connectivity index (χ4n) is 2.73. The molecule has 0 heterocycles. The fourth-order valence-corrected chi connectivity index (χ4v) is 2.73. The van der Waals surface area contributed by atoms with Gasteiger partial charge in [-0.3, -0.25) is 4.79 Å². The van der Waals surface area contributed by atoms with Crippen molar-refractivity contribution in [2.24, 2.45) is 5.92 Å². The van der Waals surface area contributed by atoms with E-state index >= 15 is 0 Å². The summed E-state index contributed by atoms with van der Waals surface area (Å²) >= 11 is 0.